The third-order valence-electron chi connectivity index (χ3n) is 4.65. The van der Waals surface area contributed by atoms with E-state index in [2.05, 4.69) is 17.5 Å². The lowest BCUT2D eigenvalue weighted by Crippen LogP contribution is -2.29. The average Bonchev–Trinajstić information content (AvgIpc) is 3.00. The zero-order valence-corrected chi connectivity index (χ0v) is 13.2. The van der Waals surface area contributed by atoms with Gasteiger partial charge in [0.2, 0.25) is 0 Å². The molecule has 22 heavy (non-hydrogen) atoms. The number of hydrogen-bond donors (Lipinski definition) is 1. The highest BCUT2D eigenvalue weighted by Gasteiger charge is 2.38. The summed E-state index contributed by atoms with van der Waals surface area (Å²) in [5.74, 6) is 0.402. The van der Waals surface area contributed by atoms with Crippen molar-refractivity contribution in [3.63, 3.8) is 0 Å². The average molecular weight is 334 g/mol. The maximum atomic E-state index is 14.2. The topological polar surface area (TPSA) is 12.0 Å². The van der Waals surface area contributed by atoms with Crippen LogP contribution in [-0.4, -0.2) is 0 Å². The molecule has 0 radical (unpaired) electrons. The highest BCUT2D eigenvalue weighted by Crippen LogP contribution is 2.50. The van der Waals surface area contributed by atoms with Gasteiger partial charge in [0.05, 0.1) is 21.8 Å². The van der Waals surface area contributed by atoms with Crippen LogP contribution in [0.25, 0.3) is 0 Å². The first-order valence-corrected chi connectivity index (χ1v) is 8.07. The quantitative estimate of drug-likeness (QED) is 0.635. The normalized spacial score (nSPS) is 25.5. The number of benzene rings is 2. The van der Waals surface area contributed by atoms with E-state index in [-0.39, 0.29) is 17.8 Å². The third-order valence-corrected chi connectivity index (χ3v) is 5.39. The smallest absolute Gasteiger partial charge is 0.146 e. The van der Waals surface area contributed by atoms with Gasteiger partial charge >= 0.3 is 0 Å². The summed E-state index contributed by atoms with van der Waals surface area (Å²) in [5.41, 5.74) is 2.68. The standard InChI is InChI=1S/C18H14Cl2FN/c19-14-8-7-10(9-15(14)20)17-12-4-1-3-11(12)13-5-2-6-16(21)18(13)22-17/h1-3,5-9,11-12,17,22H,4H2/t11-,12+,17+/m1/s1. The lowest BCUT2D eigenvalue weighted by atomic mass is 9.77. The fourth-order valence-corrected chi connectivity index (χ4v) is 3.93. The lowest BCUT2D eigenvalue weighted by molar-refractivity contribution is 0.421. The number of hydrogen-bond acceptors (Lipinski definition) is 1. The van der Waals surface area contributed by atoms with E-state index in [0.717, 1.165) is 17.5 Å². The largest absolute Gasteiger partial charge is 0.375 e. The minimum atomic E-state index is -0.207. The predicted octanol–water partition coefficient (Wildman–Crippen LogP) is 5.96. The summed E-state index contributed by atoms with van der Waals surface area (Å²) < 4.78 is 14.2. The number of para-hydroxylation sites is 1. The van der Waals surface area contributed by atoms with Gasteiger partial charge < -0.3 is 5.32 Å². The molecule has 1 heterocycles. The number of rotatable bonds is 1. The Kier molecular flexibility index (Phi) is 3.39. The van der Waals surface area contributed by atoms with Crippen LogP contribution in [0.4, 0.5) is 10.1 Å². The second-order valence-electron chi connectivity index (χ2n) is 5.85. The zero-order chi connectivity index (χ0) is 15.3. The monoisotopic (exact) mass is 333 g/mol. The van der Waals surface area contributed by atoms with Crippen molar-refractivity contribution in [2.75, 3.05) is 5.32 Å². The van der Waals surface area contributed by atoms with Crippen LogP contribution in [0.3, 0.4) is 0 Å². The summed E-state index contributed by atoms with van der Waals surface area (Å²) in [4.78, 5) is 0. The van der Waals surface area contributed by atoms with Gasteiger partial charge in [-0.15, -0.1) is 0 Å². The predicted molar refractivity (Wildman–Crippen MR) is 89.2 cm³/mol. The molecule has 0 saturated heterocycles. The van der Waals surface area contributed by atoms with Crippen LogP contribution in [-0.2, 0) is 0 Å². The van der Waals surface area contributed by atoms with Crippen molar-refractivity contribution in [3.8, 4) is 0 Å². The zero-order valence-electron chi connectivity index (χ0n) is 11.7. The van der Waals surface area contributed by atoms with Crippen LogP contribution >= 0.6 is 23.2 Å². The summed E-state index contributed by atoms with van der Waals surface area (Å²) >= 11 is 12.2. The molecule has 1 aliphatic carbocycles. The van der Waals surface area contributed by atoms with Crippen molar-refractivity contribution in [1.29, 1.82) is 0 Å². The molecule has 0 amide bonds. The fraction of sp³-hybridized carbons (Fsp3) is 0.222. The van der Waals surface area contributed by atoms with Crippen molar-refractivity contribution in [3.05, 3.63) is 75.5 Å². The first-order chi connectivity index (χ1) is 10.6. The molecule has 0 saturated carbocycles. The van der Waals surface area contributed by atoms with Crippen molar-refractivity contribution >= 4 is 28.9 Å². The maximum Gasteiger partial charge on any atom is 0.146 e. The Morgan fingerprint density at radius 2 is 1.95 bits per heavy atom. The van der Waals surface area contributed by atoms with Crippen molar-refractivity contribution in [2.24, 2.45) is 5.92 Å². The van der Waals surface area contributed by atoms with Crippen LogP contribution < -0.4 is 5.32 Å². The van der Waals surface area contributed by atoms with Gasteiger partial charge in [0.25, 0.3) is 0 Å². The molecule has 1 nitrogen and oxygen atoms in total. The van der Waals surface area contributed by atoms with E-state index in [1.54, 1.807) is 12.1 Å². The molecule has 112 valence electrons. The number of anilines is 1. The van der Waals surface area contributed by atoms with Crippen LogP contribution in [0, 0.1) is 11.7 Å². The fourth-order valence-electron chi connectivity index (χ4n) is 3.62. The molecule has 0 unspecified atom stereocenters. The van der Waals surface area contributed by atoms with E-state index in [1.807, 2.05) is 18.2 Å². The third kappa shape index (κ3) is 2.13. The molecule has 0 spiro atoms. The second kappa shape index (κ2) is 5.29. The Labute approximate surface area is 138 Å². The molecule has 0 aromatic heterocycles. The van der Waals surface area contributed by atoms with Gasteiger partial charge in [-0.1, -0.05) is 53.6 Å². The van der Waals surface area contributed by atoms with E-state index in [1.165, 1.54) is 6.07 Å². The van der Waals surface area contributed by atoms with E-state index in [4.69, 9.17) is 23.2 Å². The molecule has 2 aliphatic rings. The van der Waals surface area contributed by atoms with E-state index in [0.29, 0.717) is 21.7 Å². The molecule has 2 aromatic rings. The first kappa shape index (κ1) is 14.1. The minimum Gasteiger partial charge on any atom is -0.375 e. The minimum absolute atomic E-state index is 0.0270. The Bertz CT molecular complexity index is 772. The highest BCUT2D eigenvalue weighted by atomic mass is 35.5. The van der Waals surface area contributed by atoms with Crippen molar-refractivity contribution < 1.29 is 4.39 Å². The summed E-state index contributed by atoms with van der Waals surface area (Å²) in [5, 5.41) is 4.45. The van der Waals surface area contributed by atoms with Crippen LogP contribution in [0.1, 0.15) is 29.5 Å². The van der Waals surface area contributed by atoms with Gasteiger partial charge in [-0.3, -0.25) is 0 Å². The SMILES string of the molecule is Fc1cccc2c1N[C@@H](c1ccc(Cl)c(Cl)c1)[C@H]1CC=C[C@@H]21. The molecule has 4 heteroatoms. The van der Waals surface area contributed by atoms with Crippen LogP contribution in [0.5, 0.6) is 0 Å². The van der Waals surface area contributed by atoms with Crippen molar-refractivity contribution in [2.45, 2.75) is 18.4 Å². The second-order valence-corrected chi connectivity index (χ2v) is 6.67. The van der Waals surface area contributed by atoms with Gasteiger partial charge in [-0.2, -0.15) is 0 Å². The summed E-state index contributed by atoms with van der Waals surface area (Å²) in [6.45, 7) is 0. The Morgan fingerprint density at radius 1 is 1.09 bits per heavy atom. The molecular formula is C18H14Cl2FN. The van der Waals surface area contributed by atoms with Gasteiger partial charge in [-0.25, -0.2) is 4.39 Å². The molecule has 2 aromatic carbocycles. The summed E-state index contributed by atoms with van der Waals surface area (Å²) in [6, 6.07) is 10.9. The van der Waals surface area contributed by atoms with Gasteiger partial charge in [0, 0.05) is 5.92 Å². The Morgan fingerprint density at radius 3 is 2.77 bits per heavy atom. The Hall–Kier alpha value is -1.51. The molecular weight excluding hydrogens is 320 g/mol. The van der Waals surface area contributed by atoms with Crippen LogP contribution in [0.2, 0.25) is 10.0 Å². The maximum absolute atomic E-state index is 14.2. The molecule has 1 aliphatic heterocycles. The molecule has 0 fully saturated rings. The summed E-state index contributed by atoms with van der Waals surface area (Å²) in [7, 11) is 0. The molecule has 1 N–H and O–H groups in total. The van der Waals surface area contributed by atoms with E-state index < -0.39 is 0 Å². The molecule has 3 atom stereocenters. The molecule has 4 rings (SSSR count). The first-order valence-electron chi connectivity index (χ1n) is 7.31. The van der Waals surface area contributed by atoms with E-state index >= 15 is 0 Å². The molecule has 0 bridgehead atoms. The van der Waals surface area contributed by atoms with Gasteiger partial charge in [0.15, 0.2) is 0 Å². The number of halogens is 3. The summed E-state index contributed by atoms with van der Waals surface area (Å²) in [6.07, 6.45) is 5.34. The number of nitrogens with one attached hydrogen (secondary N) is 1. The number of fused-ring (bicyclic) bond motifs is 3. The Balaban J connectivity index is 1.82. The highest BCUT2D eigenvalue weighted by molar-refractivity contribution is 6.42. The van der Waals surface area contributed by atoms with Gasteiger partial charge in [-0.05, 0) is 41.7 Å². The van der Waals surface area contributed by atoms with Gasteiger partial charge in [0.1, 0.15) is 5.82 Å². The number of allylic oxidation sites excluding steroid dienone is 2. The van der Waals surface area contributed by atoms with E-state index in [9.17, 15) is 4.39 Å². The van der Waals surface area contributed by atoms with Crippen LogP contribution in [0.15, 0.2) is 48.6 Å². The lowest BCUT2D eigenvalue weighted by Gasteiger charge is -2.37. The van der Waals surface area contributed by atoms with Crippen molar-refractivity contribution in [1.82, 2.24) is 0 Å².